The fraction of sp³-hybridized carbons (Fsp3) is 0.875. The predicted octanol–water partition coefficient (Wildman–Crippen LogP) is 2.50. The lowest BCUT2D eigenvalue weighted by Crippen LogP contribution is -2.13. The highest BCUT2D eigenvalue weighted by Gasteiger charge is 2.11. The molecule has 0 radical (unpaired) electrons. The Kier molecular flexibility index (Phi) is 5.79. The molecule has 0 bridgehead atoms. The van der Waals surface area contributed by atoms with Gasteiger partial charge < -0.3 is 0 Å². The van der Waals surface area contributed by atoms with Crippen LogP contribution < -0.4 is 0 Å². The van der Waals surface area contributed by atoms with Crippen LogP contribution in [0.1, 0.15) is 33.6 Å². The van der Waals surface area contributed by atoms with Crippen LogP contribution in [0.3, 0.4) is 0 Å². The van der Waals surface area contributed by atoms with Crippen LogP contribution in [0.25, 0.3) is 0 Å². The molecule has 0 aliphatic carbocycles. The third kappa shape index (κ3) is 3.94. The summed E-state index contributed by atoms with van der Waals surface area (Å²) >= 11 is 1.76. The van der Waals surface area contributed by atoms with Crippen LogP contribution in [-0.4, -0.2) is 16.8 Å². The van der Waals surface area contributed by atoms with E-state index in [-0.39, 0.29) is 5.25 Å². The Hall–Kier alpha value is 0.0200. The molecule has 0 aromatic heterocycles. The standard InChI is InChI=1S/C8H16OS/c1-4-6-8(7(3)9)10-5-2/h8H,4-6H2,1-3H3. The first-order chi connectivity index (χ1) is 4.72. The first-order valence-electron chi connectivity index (χ1n) is 3.84. The quantitative estimate of drug-likeness (QED) is 0.614. The van der Waals surface area contributed by atoms with Gasteiger partial charge in [-0.1, -0.05) is 20.3 Å². The van der Waals surface area contributed by atoms with Crippen molar-refractivity contribution in [1.29, 1.82) is 0 Å². The van der Waals surface area contributed by atoms with Crippen molar-refractivity contribution in [2.24, 2.45) is 0 Å². The molecular weight excluding hydrogens is 144 g/mol. The molecule has 10 heavy (non-hydrogen) atoms. The molecule has 0 saturated heterocycles. The van der Waals surface area contributed by atoms with Crippen molar-refractivity contribution in [3.63, 3.8) is 0 Å². The van der Waals surface area contributed by atoms with Crippen LogP contribution in [0.5, 0.6) is 0 Å². The summed E-state index contributed by atoms with van der Waals surface area (Å²) in [6.07, 6.45) is 2.14. The van der Waals surface area contributed by atoms with Crippen LogP contribution in [0.15, 0.2) is 0 Å². The Bertz CT molecular complexity index is 95.4. The Morgan fingerprint density at radius 2 is 2.10 bits per heavy atom. The molecule has 0 rings (SSSR count). The summed E-state index contributed by atoms with van der Waals surface area (Å²) in [5.74, 6) is 1.37. The summed E-state index contributed by atoms with van der Waals surface area (Å²) < 4.78 is 0. The molecule has 2 heteroatoms. The minimum Gasteiger partial charge on any atom is -0.299 e. The summed E-state index contributed by atoms with van der Waals surface area (Å²) in [5, 5.41) is 0.259. The zero-order chi connectivity index (χ0) is 7.98. The van der Waals surface area contributed by atoms with E-state index < -0.39 is 0 Å². The third-order valence-corrected chi connectivity index (χ3v) is 2.68. The van der Waals surface area contributed by atoms with Gasteiger partial charge >= 0.3 is 0 Å². The van der Waals surface area contributed by atoms with E-state index in [1.165, 1.54) is 0 Å². The maximum atomic E-state index is 10.9. The third-order valence-electron chi connectivity index (χ3n) is 1.37. The van der Waals surface area contributed by atoms with Gasteiger partial charge in [0.1, 0.15) is 5.78 Å². The molecule has 0 N–H and O–H groups in total. The van der Waals surface area contributed by atoms with E-state index >= 15 is 0 Å². The number of carbonyl (C=O) groups is 1. The number of hydrogen-bond donors (Lipinski definition) is 0. The molecule has 0 fully saturated rings. The Balaban J connectivity index is 3.61. The highest BCUT2D eigenvalue weighted by atomic mass is 32.2. The normalized spacial score (nSPS) is 13.1. The van der Waals surface area contributed by atoms with Crippen LogP contribution >= 0.6 is 11.8 Å². The lowest BCUT2D eigenvalue weighted by atomic mass is 10.2. The molecule has 0 aromatic rings. The van der Waals surface area contributed by atoms with Gasteiger partial charge in [-0.05, 0) is 19.1 Å². The fourth-order valence-corrected chi connectivity index (χ4v) is 1.91. The van der Waals surface area contributed by atoms with E-state index in [0.717, 1.165) is 18.6 Å². The number of ketones is 1. The van der Waals surface area contributed by atoms with Crippen molar-refractivity contribution in [1.82, 2.24) is 0 Å². The monoisotopic (exact) mass is 160 g/mol. The summed E-state index contributed by atoms with van der Waals surface area (Å²) in [7, 11) is 0. The fourth-order valence-electron chi connectivity index (χ4n) is 0.867. The highest BCUT2D eigenvalue weighted by Crippen LogP contribution is 2.16. The smallest absolute Gasteiger partial charge is 0.142 e. The lowest BCUT2D eigenvalue weighted by Gasteiger charge is -2.09. The summed E-state index contributed by atoms with van der Waals surface area (Å²) in [5.41, 5.74) is 0. The second-order valence-electron chi connectivity index (χ2n) is 2.34. The number of rotatable bonds is 5. The van der Waals surface area contributed by atoms with E-state index in [9.17, 15) is 4.79 Å². The molecule has 1 nitrogen and oxygen atoms in total. The lowest BCUT2D eigenvalue weighted by molar-refractivity contribution is -0.116. The van der Waals surface area contributed by atoms with Crippen molar-refractivity contribution in [2.75, 3.05) is 5.75 Å². The number of thioether (sulfide) groups is 1. The van der Waals surface area contributed by atoms with E-state index in [4.69, 9.17) is 0 Å². The molecule has 0 amide bonds. The van der Waals surface area contributed by atoms with Crippen molar-refractivity contribution in [3.05, 3.63) is 0 Å². The largest absolute Gasteiger partial charge is 0.299 e. The number of Topliss-reactive ketones (excluding diaryl/α,β-unsaturated/α-hetero) is 1. The Labute approximate surface area is 67.6 Å². The molecule has 1 unspecified atom stereocenters. The summed E-state index contributed by atoms with van der Waals surface area (Å²) in [4.78, 5) is 10.9. The van der Waals surface area contributed by atoms with Gasteiger partial charge in [-0.2, -0.15) is 11.8 Å². The van der Waals surface area contributed by atoms with Crippen LogP contribution in [0.4, 0.5) is 0 Å². The maximum Gasteiger partial charge on any atom is 0.142 e. The van der Waals surface area contributed by atoms with Gasteiger partial charge in [0.05, 0.1) is 5.25 Å². The topological polar surface area (TPSA) is 17.1 Å². The second kappa shape index (κ2) is 5.78. The maximum absolute atomic E-state index is 10.9. The van der Waals surface area contributed by atoms with Gasteiger partial charge in [-0.3, -0.25) is 4.79 Å². The molecule has 0 aromatic carbocycles. The Morgan fingerprint density at radius 3 is 2.40 bits per heavy atom. The number of carbonyl (C=O) groups excluding carboxylic acids is 1. The van der Waals surface area contributed by atoms with E-state index in [1.54, 1.807) is 18.7 Å². The molecule has 0 aliphatic heterocycles. The molecule has 0 spiro atoms. The molecule has 0 aliphatic rings. The van der Waals surface area contributed by atoms with Gasteiger partial charge in [0.2, 0.25) is 0 Å². The molecule has 0 saturated carbocycles. The first kappa shape index (κ1) is 10.0. The minimum atomic E-state index is 0.259. The van der Waals surface area contributed by atoms with E-state index in [2.05, 4.69) is 13.8 Å². The van der Waals surface area contributed by atoms with Gasteiger partial charge in [0.25, 0.3) is 0 Å². The average Bonchev–Trinajstić information content (AvgIpc) is 1.87. The SMILES string of the molecule is CCCC(SCC)C(C)=O. The van der Waals surface area contributed by atoms with E-state index in [1.807, 2.05) is 0 Å². The molecule has 60 valence electrons. The van der Waals surface area contributed by atoms with Crippen LogP contribution in [-0.2, 0) is 4.79 Å². The van der Waals surface area contributed by atoms with Crippen molar-refractivity contribution in [3.8, 4) is 0 Å². The van der Waals surface area contributed by atoms with Crippen LogP contribution in [0.2, 0.25) is 0 Å². The van der Waals surface area contributed by atoms with Gasteiger partial charge in [0.15, 0.2) is 0 Å². The first-order valence-corrected chi connectivity index (χ1v) is 4.89. The molecule has 1 atom stereocenters. The second-order valence-corrected chi connectivity index (χ2v) is 3.82. The summed E-state index contributed by atoms with van der Waals surface area (Å²) in [6, 6.07) is 0. The van der Waals surface area contributed by atoms with Gasteiger partial charge in [0, 0.05) is 0 Å². The zero-order valence-corrected chi connectivity index (χ0v) is 7.83. The van der Waals surface area contributed by atoms with Crippen molar-refractivity contribution >= 4 is 17.5 Å². The predicted molar refractivity (Wildman–Crippen MR) is 47.5 cm³/mol. The summed E-state index contributed by atoms with van der Waals surface area (Å²) in [6.45, 7) is 5.89. The van der Waals surface area contributed by atoms with E-state index in [0.29, 0.717) is 5.78 Å². The highest BCUT2D eigenvalue weighted by molar-refractivity contribution is 8.00. The minimum absolute atomic E-state index is 0.259. The number of hydrogen-bond acceptors (Lipinski definition) is 2. The van der Waals surface area contributed by atoms with Crippen LogP contribution in [0, 0.1) is 0 Å². The van der Waals surface area contributed by atoms with Crippen molar-refractivity contribution < 1.29 is 4.79 Å². The van der Waals surface area contributed by atoms with Crippen molar-refractivity contribution in [2.45, 2.75) is 38.9 Å². The molecule has 0 heterocycles. The average molecular weight is 160 g/mol. The van der Waals surface area contributed by atoms with Gasteiger partial charge in [-0.25, -0.2) is 0 Å². The zero-order valence-electron chi connectivity index (χ0n) is 7.02. The Morgan fingerprint density at radius 1 is 1.50 bits per heavy atom. The van der Waals surface area contributed by atoms with Gasteiger partial charge in [-0.15, -0.1) is 0 Å². The molecular formula is C8H16OS.